The number of esters is 2. The highest BCUT2D eigenvalue weighted by atomic mass is 35.5. The van der Waals surface area contributed by atoms with Gasteiger partial charge in [-0.1, -0.05) is 88.4 Å². The smallest absolute Gasteiger partial charge is 0.339 e. The third kappa shape index (κ3) is 8.64. The van der Waals surface area contributed by atoms with Crippen LogP contribution in [0.3, 0.4) is 0 Å². The lowest BCUT2D eigenvalue weighted by molar-refractivity contribution is -0.150. The predicted octanol–water partition coefficient (Wildman–Crippen LogP) is 6.58. The first-order chi connectivity index (χ1) is 20.3. The zero-order valence-electron chi connectivity index (χ0n) is 24.3. The molecule has 0 bridgehead atoms. The highest BCUT2D eigenvalue weighted by molar-refractivity contribution is 6.34. The van der Waals surface area contributed by atoms with Crippen LogP contribution in [0.15, 0.2) is 42.5 Å². The van der Waals surface area contributed by atoms with Crippen molar-refractivity contribution in [2.45, 2.75) is 84.1 Å². The molecule has 2 aromatic rings. The van der Waals surface area contributed by atoms with E-state index in [1.165, 1.54) is 82.2 Å². The maximum absolute atomic E-state index is 13.3. The van der Waals surface area contributed by atoms with Crippen LogP contribution in [-0.2, 0) is 19.1 Å². The van der Waals surface area contributed by atoms with Gasteiger partial charge in [0, 0.05) is 0 Å². The van der Waals surface area contributed by atoms with Crippen LogP contribution in [0.5, 0.6) is 0 Å². The molecule has 3 amide bonds. The van der Waals surface area contributed by atoms with Crippen LogP contribution in [0, 0.1) is 0 Å². The van der Waals surface area contributed by atoms with Crippen molar-refractivity contribution >= 4 is 46.9 Å². The average Bonchev–Trinajstić information content (AvgIpc) is 3.22. The predicted molar refractivity (Wildman–Crippen MR) is 160 cm³/mol. The van der Waals surface area contributed by atoms with E-state index in [4.69, 9.17) is 21.1 Å². The second kappa shape index (κ2) is 16.7. The molecule has 42 heavy (non-hydrogen) atoms. The highest BCUT2D eigenvalue weighted by Crippen LogP contribution is 2.28. The Bertz CT molecular complexity index is 1240. The summed E-state index contributed by atoms with van der Waals surface area (Å²) in [6.45, 7) is 3.94. The van der Waals surface area contributed by atoms with E-state index in [2.05, 4.69) is 12.2 Å². The van der Waals surface area contributed by atoms with E-state index in [9.17, 15) is 24.0 Å². The zero-order valence-corrected chi connectivity index (χ0v) is 25.0. The fourth-order valence-electron chi connectivity index (χ4n) is 4.78. The molecule has 1 heterocycles. The highest BCUT2D eigenvalue weighted by Gasteiger charge is 2.47. The van der Waals surface area contributed by atoms with Crippen molar-refractivity contribution in [2.24, 2.45) is 0 Å². The van der Waals surface area contributed by atoms with Gasteiger partial charge >= 0.3 is 11.9 Å². The third-order valence-electron chi connectivity index (χ3n) is 7.03. The van der Waals surface area contributed by atoms with E-state index in [-0.39, 0.29) is 40.6 Å². The first-order valence-corrected chi connectivity index (χ1v) is 15.1. The van der Waals surface area contributed by atoms with Gasteiger partial charge in [-0.15, -0.1) is 0 Å². The quantitative estimate of drug-likeness (QED) is 0.0944. The number of imide groups is 1. The fourth-order valence-corrected chi connectivity index (χ4v) is 4.94. The summed E-state index contributed by atoms with van der Waals surface area (Å²) in [7, 11) is 0. The molecule has 1 N–H and O–H groups in total. The van der Waals surface area contributed by atoms with E-state index < -0.39 is 35.7 Å². The summed E-state index contributed by atoms with van der Waals surface area (Å²) >= 11 is 6.27. The summed E-state index contributed by atoms with van der Waals surface area (Å²) in [5.74, 6) is -4.26. The van der Waals surface area contributed by atoms with Gasteiger partial charge in [-0.05, 0) is 43.7 Å². The van der Waals surface area contributed by atoms with Crippen molar-refractivity contribution in [1.82, 2.24) is 4.90 Å². The molecule has 2 aromatic carbocycles. The van der Waals surface area contributed by atoms with Crippen LogP contribution in [0.1, 0.15) is 109 Å². The maximum atomic E-state index is 13.3. The molecule has 1 unspecified atom stereocenters. The molecular formula is C32H39ClN2O7. The van der Waals surface area contributed by atoms with Crippen molar-refractivity contribution in [3.63, 3.8) is 0 Å². The minimum Gasteiger partial charge on any atom is -0.464 e. The number of amides is 3. The first kappa shape index (κ1) is 32.8. The van der Waals surface area contributed by atoms with Crippen LogP contribution in [0.25, 0.3) is 0 Å². The monoisotopic (exact) mass is 598 g/mol. The lowest BCUT2D eigenvalue weighted by Crippen LogP contribution is -2.52. The maximum Gasteiger partial charge on any atom is 0.339 e. The number of nitrogens with zero attached hydrogens (tertiary/aromatic N) is 1. The van der Waals surface area contributed by atoms with Crippen LogP contribution in [0.4, 0.5) is 5.69 Å². The van der Waals surface area contributed by atoms with Crippen molar-refractivity contribution in [2.75, 3.05) is 18.5 Å². The molecular weight excluding hydrogens is 560 g/mol. The number of fused-ring (bicyclic) bond motifs is 1. The Morgan fingerprint density at radius 1 is 0.810 bits per heavy atom. The fraction of sp³-hybridized carbons (Fsp3) is 0.469. The molecule has 0 fully saturated rings. The van der Waals surface area contributed by atoms with Crippen molar-refractivity contribution in [3.05, 3.63) is 64.2 Å². The van der Waals surface area contributed by atoms with Crippen molar-refractivity contribution in [1.29, 1.82) is 0 Å². The number of halogens is 1. The molecule has 1 atom stereocenters. The molecule has 226 valence electrons. The molecule has 0 radical (unpaired) electrons. The summed E-state index contributed by atoms with van der Waals surface area (Å²) in [4.78, 5) is 65.4. The van der Waals surface area contributed by atoms with E-state index in [1.807, 2.05) is 0 Å². The number of nitrogens with one attached hydrogen (secondary N) is 1. The van der Waals surface area contributed by atoms with Crippen LogP contribution < -0.4 is 5.32 Å². The number of unbranched alkanes of at least 4 members (excludes halogenated alkanes) is 9. The standard InChI is InChI=1S/C32H39ClN2O7/c1-3-5-6-7-8-9-10-11-12-15-20-42-31(39)22-18-19-25(33)26(21-22)34-28(36)27(32(40)41-4-2)35-29(37)23-16-13-14-17-24(23)30(35)38/h13-14,16-19,21,27H,3-12,15,20H2,1-2H3,(H,34,36). The number of hydrogen-bond acceptors (Lipinski definition) is 7. The van der Waals surface area contributed by atoms with E-state index >= 15 is 0 Å². The summed E-state index contributed by atoms with van der Waals surface area (Å²) in [5, 5.41) is 2.56. The molecule has 0 saturated heterocycles. The van der Waals surface area contributed by atoms with E-state index in [0.29, 0.717) is 4.90 Å². The largest absolute Gasteiger partial charge is 0.464 e. The second-order valence-corrected chi connectivity index (χ2v) is 10.6. The Hall–Kier alpha value is -3.72. The van der Waals surface area contributed by atoms with Gasteiger partial charge in [0.15, 0.2) is 0 Å². The van der Waals surface area contributed by atoms with Crippen molar-refractivity contribution in [3.8, 4) is 0 Å². The van der Waals surface area contributed by atoms with Crippen LogP contribution in [-0.4, -0.2) is 53.8 Å². The molecule has 1 aliphatic rings. The molecule has 0 saturated carbocycles. The molecule has 0 aliphatic carbocycles. The number of carbonyl (C=O) groups is 5. The van der Waals surface area contributed by atoms with Gasteiger partial charge in [0.25, 0.3) is 17.7 Å². The Kier molecular flexibility index (Phi) is 13.0. The Balaban J connectivity index is 1.58. The van der Waals surface area contributed by atoms with Gasteiger partial charge in [-0.3, -0.25) is 19.3 Å². The number of benzene rings is 2. The molecule has 0 spiro atoms. The minimum absolute atomic E-state index is 0.0148. The number of ether oxygens (including phenoxy) is 2. The normalized spacial score (nSPS) is 13.1. The number of carbonyl (C=O) groups excluding carboxylic acids is 5. The van der Waals surface area contributed by atoms with Gasteiger partial charge in [0.1, 0.15) is 0 Å². The molecule has 9 nitrogen and oxygen atoms in total. The van der Waals surface area contributed by atoms with Crippen molar-refractivity contribution < 1.29 is 33.4 Å². The Morgan fingerprint density at radius 3 is 1.95 bits per heavy atom. The molecule has 0 aromatic heterocycles. The summed E-state index contributed by atoms with van der Waals surface area (Å²) in [6.07, 6.45) is 11.6. The van der Waals surface area contributed by atoms with Gasteiger partial charge in [0.2, 0.25) is 6.04 Å². The van der Waals surface area contributed by atoms with E-state index in [0.717, 1.165) is 19.3 Å². The Labute approximate surface area is 251 Å². The number of rotatable bonds is 17. The first-order valence-electron chi connectivity index (χ1n) is 14.7. The van der Waals surface area contributed by atoms with Gasteiger partial charge in [-0.2, -0.15) is 0 Å². The van der Waals surface area contributed by atoms with Gasteiger partial charge in [-0.25, -0.2) is 9.59 Å². The molecule has 3 rings (SSSR count). The SMILES string of the molecule is CCCCCCCCCCCCOC(=O)c1ccc(Cl)c(NC(=O)C(C(=O)OCC)N2C(=O)c3ccccc3C2=O)c1. The van der Waals surface area contributed by atoms with E-state index in [1.54, 1.807) is 12.1 Å². The second-order valence-electron chi connectivity index (χ2n) is 10.2. The van der Waals surface area contributed by atoms with Gasteiger partial charge in [0.05, 0.1) is 40.6 Å². The lowest BCUT2D eigenvalue weighted by atomic mass is 10.1. The third-order valence-corrected chi connectivity index (χ3v) is 7.36. The Morgan fingerprint density at radius 2 is 1.38 bits per heavy atom. The van der Waals surface area contributed by atoms with Crippen LogP contribution >= 0.6 is 11.6 Å². The van der Waals surface area contributed by atoms with Crippen LogP contribution in [0.2, 0.25) is 5.02 Å². The minimum atomic E-state index is -1.90. The van der Waals surface area contributed by atoms with Gasteiger partial charge < -0.3 is 14.8 Å². The number of hydrogen-bond donors (Lipinski definition) is 1. The average molecular weight is 599 g/mol. The summed E-state index contributed by atoms with van der Waals surface area (Å²) in [5.41, 5.74) is 0.320. The number of anilines is 1. The summed E-state index contributed by atoms with van der Waals surface area (Å²) < 4.78 is 10.4. The lowest BCUT2D eigenvalue weighted by Gasteiger charge is -2.24. The zero-order chi connectivity index (χ0) is 30.5. The summed E-state index contributed by atoms with van der Waals surface area (Å²) in [6, 6.07) is 8.34. The topological polar surface area (TPSA) is 119 Å². The molecule has 1 aliphatic heterocycles. The molecule has 10 heteroatoms.